The van der Waals surface area contributed by atoms with Crippen LogP contribution in [0, 0.1) is 5.41 Å². The van der Waals surface area contributed by atoms with Crippen LogP contribution in [-0.4, -0.2) is 44.4 Å². The zero-order valence-electron chi connectivity index (χ0n) is 15.5. The lowest BCUT2D eigenvalue weighted by molar-refractivity contribution is -0.143. The first-order valence-corrected chi connectivity index (χ1v) is 9.34. The number of aromatic nitrogens is 2. The van der Waals surface area contributed by atoms with E-state index in [4.69, 9.17) is 0 Å². The number of alkyl halides is 3. The van der Waals surface area contributed by atoms with Gasteiger partial charge in [-0.2, -0.15) is 18.3 Å². The van der Waals surface area contributed by atoms with E-state index in [1.165, 1.54) is 7.05 Å². The summed E-state index contributed by atoms with van der Waals surface area (Å²) in [6.45, 7) is -0.0666. The number of carbonyl (C=O) groups excluding carboxylic acids is 1. The predicted molar refractivity (Wildman–Crippen MR) is 95.5 cm³/mol. The van der Waals surface area contributed by atoms with Crippen molar-refractivity contribution in [3.8, 4) is 0 Å². The largest absolute Gasteiger partial charge is 0.433 e. The van der Waals surface area contributed by atoms with Crippen LogP contribution in [0.25, 0.3) is 0 Å². The number of aryl methyl sites for hydroxylation is 1. The van der Waals surface area contributed by atoms with Crippen molar-refractivity contribution < 1.29 is 23.1 Å². The van der Waals surface area contributed by atoms with E-state index in [0.717, 1.165) is 24.5 Å². The fraction of sp³-hybridized carbons (Fsp3) is 0.500. The van der Waals surface area contributed by atoms with Crippen molar-refractivity contribution in [1.29, 1.82) is 0 Å². The first-order valence-electron chi connectivity index (χ1n) is 9.34. The van der Waals surface area contributed by atoms with Crippen molar-refractivity contribution in [2.24, 2.45) is 12.5 Å². The lowest BCUT2D eigenvalue weighted by Gasteiger charge is -2.36. The minimum absolute atomic E-state index is 0.0666. The smallest absolute Gasteiger partial charge is 0.396 e. The second-order valence-corrected chi connectivity index (χ2v) is 7.88. The lowest BCUT2D eigenvalue weighted by atomic mass is 9.70. The Bertz CT molecular complexity index is 881. The zero-order chi connectivity index (χ0) is 20.1. The molecule has 8 heteroatoms. The SMILES string of the molecule is Cn1nc(C(=O)N2[C@H]3CC[C@@H]2[C@@](CO)(Cc2ccccc2)C3)cc1C(F)(F)F. The molecule has 4 rings (SSSR count). The van der Waals surface area contributed by atoms with E-state index in [9.17, 15) is 23.1 Å². The minimum atomic E-state index is -4.56. The van der Waals surface area contributed by atoms with Crippen LogP contribution in [0.1, 0.15) is 41.0 Å². The first kappa shape index (κ1) is 19.0. The van der Waals surface area contributed by atoms with Crippen LogP contribution in [0.3, 0.4) is 0 Å². The monoisotopic (exact) mass is 393 g/mol. The van der Waals surface area contributed by atoms with Crippen LogP contribution in [0.2, 0.25) is 0 Å². The highest BCUT2D eigenvalue weighted by atomic mass is 19.4. The van der Waals surface area contributed by atoms with Crippen molar-refractivity contribution >= 4 is 5.91 Å². The summed E-state index contributed by atoms with van der Waals surface area (Å²) >= 11 is 0. The molecule has 150 valence electrons. The van der Waals surface area contributed by atoms with Gasteiger partial charge in [-0.3, -0.25) is 9.48 Å². The van der Waals surface area contributed by atoms with Crippen LogP contribution < -0.4 is 0 Å². The summed E-state index contributed by atoms with van der Waals surface area (Å²) in [4.78, 5) is 14.7. The number of carbonyl (C=O) groups is 1. The Morgan fingerprint density at radius 1 is 1.29 bits per heavy atom. The Morgan fingerprint density at radius 3 is 2.61 bits per heavy atom. The van der Waals surface area contributed by atoms with Crippen molar-refractivity contribution in [3.05, 3.63) is 53.3 Å². The van der Waals surface area contributed by atoms with E-state index in [1.807, 2.05) is 30.3 Å². The molecule has 2 aliphatic heterocycles. The number of fused-ring (bicyclic) bond motifs is 2. The average molecular weight is 393 g/mol. The normalized spacial score (nSPS) is 26.8. The Kier molecular flexibility index (Phi) is 4.49. The third-order valence-electron chi connectivity index (χ3n) is 6.19. The van der Waals surface area contributed by atoms with Gasteiger partial charge in [-0.25, -0.2) is 0 Å². The number of nitrogens with zero attached hydrogens (tertiary/aromatic N) is 3. The van der Waals surface area contributed by atoms with Crippen LogP contribution in [-0.2, 0) is 19.6 Å². The molecule has 0 radical (unpaired) electrons. The highest BCUT2D eigenvalue weighted by molar-refractivity contribution is 5.93. The molecule has 3 heterocycles. The Hall–Kier alpha value is -2.35. The average Bonchev–Trinajstić information content (AvgIpc) is 3.33. The molecule has 2 aliphatic rings. The summed E-state index contributed by atoms with van der Waals surface area (Å²) < 4.78 is 39.9. The van der Waals surface area contributed by atoms with E-state index in [-0.39, 0.29) is 24.4 Å². The Balaban J connectivity index is 1.62. The molecule has 1 N–H and O–H groups in total. The topological polar surface area (TPSA) is 58.4 Å². The molecule has 0 saturated carbocycles. The molecule has 28 heavy (non-hydrogen) atoms. The van der Waals surface area contributed by atoms with Gasteiger partial charge in [0, 0.05) is 30.6 Å². The molecule has 2 aromatic rings. The zero-order valence-corrected chi connectivity index (χ0v) is 15.5. The number of halogens is 3. The maximum atomic E-state index is 13.1. The number of aliphatic hydroxyl groups is 1. The van der Waals surface area contributed by atoms with Crippen molar-refractivity contribution in [2.75, 3.05) is 6.61 Å². The van der Waals surface area contributed by atoms with Gasteiger partial charge in [0.25, 0.3) is 5.91 Å². The van der Waals surface area contributed by atoms with Crippen LogP contribution >= 0.6 is 0 Å². The summed E-state index contributed by atoms with van der Waals surface area (Å²) in [6, 6.07) is 10.3. The third-order valence-corrected chi connectivity index (χ3v) is 6.19. The standard InChI is InChI=1S/C20H22F3N3O2/c1-25-17(20(21,22)23)9-15(24-25)18(28)26-14-7-8-16(26)19(11-14,12-27)10-13-5-3-2-4-6-13/h2-6,9,14,16,27H,7-8,10-12H2,1H3/t14-,16+,19-/m0/s1. The Morgan fingerprint density at radius 2 is 2.00 bits per heavy atom. The second kappa shape index (κ2) is 6.62. The third kappa shape index (κ3) is 2.99. The van der Waals surface area contributed by atoms with Crippen molar-refractivity contribution in [2.45, 2.75) is 43.9 Å². The highest BCUT2D eigenvalue weighted by Crippen LogP contribution is 2.51. The number of benzene rings is 1. The number of rotatable bonds is 4. The van der Waals surface area contributed by atoms with Gasteiger partial charge >= 0.3 is 6.18 Å². The molecular weight excluding hydrogens is 371 g/mol. The predicted octanol–water partition coefficient (Wildman–Crippen LogP) is 3.04. The quantitative estimate of drug-likeness (QED) is 0.869. The molecule has 0 aliphatic carbocycles. The minimum Gasteiger partial charge on any atom is -0.396 e. The summed E-state index contributed by atoms with van der Waals surface area (Å²) in [7, 11) is 1.19. The Labute approximate surface area is 160 Å². The molecular formula is C20H22F3N3O2. The molecule has 0 spiro atoms. The molecule has 0 unspecified atom stereocenters. The van der Waals surface area contributed by atoms with Gasteiger partial charge in [0.2, 0.25) is 0 Å². The fourth-order valence-corrected chi connectivity index (χ4v) is 4.98. The van der Waals surface area contributed by atoms with E-state index < -0.39 is 23.2 Å². The summed E-state index contributed by atoms with van der Waals surface area (Å²) in [6.07, 6.45) is -1.75. The maximum Gasteiger partial charge on any atom is 0.433 e. The van der Waals surface area contributed by atoms with Gasteiger partial charge in [0.15, 0.2) is 5.69 Å². The molecule has 2 saturated heterocycles. The number of amides is 1. The van der Waals surface area contributed by atoms with Gasteiger partial charge in [-0.1, -0.05) is 30.3 Å². The van der Waals surface area contributed by atoms with Gasteiger partial charge in [0.1, 0.15) is 5.69 Å². The lowest BCUT2D eigenvalue weighted by Crippen LogP contribution is -2.44. The van der Waals surface area contributed by atoms with Crippen molar-refractivity contribution in [3.63, 3.8) is 0 Å². The highest BCUT2D eigenvalue weighted by Gasteiger charge is 2.57. The van der Waals surface area contributed by atoms with Gasteiger partial charge < -0.3 is 10.0 Å². The first-order chi connectivity index (χ1) is 13.2. The molecule has 5 nitrogen and oxygen atoms in total. The number of aliphatic hydroxyl groups excluding tert-OH is 1. The van der Waals surface area contributed by atoms with Crippen LogP contribution in [0.15, 0.2) is 36.4 Å². The summed E-state index contributed by atoms with van der Waals surface area (Å²) in [5.41, 5.74) is -0.532. The van der Waals surface area contributed by atoms with Crippen LogP contribution in [0.4, 0.5) is 13.2 Å². The molecule has 1 aromatic carbocycles. The van der Waals surface area contributed by atoms with Gasteiger partial charge in [0.05, 0.1) is 6.61 Å². The number of hydrogen-bond acceptors (Lipinski definition) is 3. The van der Waals surface area contributed by atoms with E-state index in [0.29, 0.717) is 17.5 Å². The van der Waals surface area contributed by atoms with Gasteiger partial charge in [-0.05, 0) is 31.2 Å². The molecule has 1 amide bonds. The van der Waals surface area contributed by atoms with Gasteiger partial charge in [-0.15, -0.1) is 0 Å². The fourth-order valence-electron chi connectivity index (χ4n) is 4.98. The second-order valence-electron chi connectivity index (χ2n) is 7.88. The van der Waals surface area contributed by atoms with E-state index in [2.05, 4.69) is 5.10 Å². The maximum absolute atomic E-state index is 13.1. The van der Waals surface area contributed by atoms with E-state index in [1.54, 1.807) is 4.90 Å². The van der Waals surface area contributed by atoms with Crippen LogP contribution in [0.5, 0.6) is 0 Å². The molecule has 1 aromatic heterocycles. The molecule has 3 atom stereocenters. The molecule has 2 bridgehead atoms. The summed E-state index contributed by atoms with van der Waals surface area (Å²) in [5.74, 6) is -0.484. The summed E-state index contributed by atoms with van der Waals surface area (Å²) in [5, 5.41) is 14.0. The van der Waals surface area contributed by atoms with E-state index >= 15 is 0 Å². The molecule has 2 fully saturated rings. The van der Waals surface area contributed by atoms with Crippen molar-refractivity contribution in [1.82, 2.24) is 14.7 Å². The number of hydrogen-bond donors (Lipinski definition) is 1.